The molecule has 6 rings (SSSR count). The van der Waals surface area contributed by atoms with Crippen molar-refractivity contribution >= 4 is 38.9 Å². The molecule has 27 heavy (non-hydrogen) atoms. The number of para-hydroxylation sites is 6. The lowest BCUT2D eigenvalue weighted by atomic mass is 10.1. The molecule has 0 saturated heterocycles. The highest BCUT2D eigenvalue weighted by Crippen LogP contribution is 2.51. The predicted octanol–water partition coefficient (Wildman–Crippen LogP) is 6.90. The maximum atomic E-state index is 6.15. The predicted molar refractivity (Wildman–Crippen MR) is 111 cm³/mol. The Morgan fingerprint density at radius 2 is 1.15 bits per heavy atom. The zero-order valence-corrected chi connectivity index (χ0v) is 14.5. The molecule has 0 unspecified atom stereocenters. The monoisotopic (exact) mass is 348 g/mol. The molecule has 0 bridgehead atoms. The van der Waals surface area contributed by atoms with Crippen molar-refractivity contribution in [3.05, 3.63) is 91.0 Å². The largest absolute Gasteiger partial charge is 0.453 e. The van der Waals surface area contributed by atoms with E-state index in [1.807, 2.05) is 24.3 Å². The zero-order chi connectivity index (χ0) is 17.8. The van der Waals surface area contributed by atoms with Crippen molar-refractivity contribution in [2.45, 2.75) is 0 Å². The SMILES string of the molecule is c1ccc2c(c1)Oc1ccccc1N2c1cccc2c1[nH]c1ccccc12. The molecule has 1 aromatic heterocycles. The lowest BCUT2D eigenvalue weighted by molar-refractivity contribution is 0.477. The van der Waals surface area contributed by atoms with Gasteiger partial charge in [-0.2, -0.15) is 0 Å². The van der Waals surface area contributed by atoms with Crippen LogP contribution in [0, 0.1) is 0 Å². The first-order chi connectivity index (χ1) is 13.4. The molecule has 0 spiro atoms. The Hall–Kier alpha value is -3.72. The summed E-state index contributed by atoms with van der Waals surface area (Å²) in [5.74, 6) is 1.73. The van der Waals surface area contributed by atoms with Crippen molar-refractivity contribution in [1.82, 2.24) is 4.98 Å². The third-order valence-electron chi connectivity index (χ3n) is 5.19. The molecule has 4 aromatic carbocycles. The Morgan fingerprint density at radius 3 is 1.93 bits per heavy atom. The molecule has 0 atom stereocenters. The third-order valence-corrected chi connectivity index (χ3v) is 5.19. The van der Waals surface area contributed by atoms with Crippen LogP contribution in [0.4, 0.5) is 17.1 Å². The number of aromatic nitrogens is 1. The number of anilines is 3. The minimum Gasteiger partial charge on any atom is -0.453 e. The topological polar surface area (TPSA) is 28.3 Å². The zero-order valence-electron chi connectivity index (χ0n) is 14.5. The van der Waals surface area contributed by atoms with Crippen LogP contribution in [0.1, 0.15) is 0 Å². The summed E-state index contributed by atoms with van der Waals surface area (Å²) >= 11 is 0. The van der Waals surface area contributed by atoms with Gasteiger partial charge in [0, 0.05) is 16.3 Å². The molecule has 5 aromatic rings. The van der Waals surface area contributed by atoms with E-state index in [0.717, 1.165) is 39.6 Å². The van der Waals surface area contributed by atoms with E-state index in [9.17, 15) is 0 Å². The van der Waals surface area contributed by atoms with Crippen LogP contribution in [-0.2, 0) is 0 Å². The van der Waals surface area contributed by atoms with E-state index < -0.39 is 0 Å². The van der Waals surface area contributed by atoms with Crippen LogP contribution in [0.25, 0.3) is 21.8 Å². The van der Waals surface area contributed by atoms with Crippen molar-refractivity contribution in [1.29, 1.82) is 0 Å². The fourth-order valence-electron chi connectivity index (χ4n) is 4.01. The van der Waals surface area contributed by atoms with E-state index in [4.69, 9.17) is 4.74 Å². The van der Waals surface area contributed by atoms with E-state index in [1.165, 1.54) is 10.8 Å². The first kappa shape index (κ1) is 14.4. The summed E-state index contributed by atoms with van der Waals surface area (Å²) in [6.45, 7) is 0. The molecule has 128 valence electrons. The molecular weight excluding hydrogens is 332 g/mol. The van der Waals surface area contributed by atoms with Crippen molar-refractivity contribution in [2.24, 2.45) is 0 Å². The van der Waals surface area contributed by atoms with Crippen molar-refractivity contribution in [3.8, 4) is 11.5 Å². The molecule has 0 radical (unpaired) electrons. The number of ether oxygens (including phenoxy) is 1. The molecule has 0 amide bonds. The number of hydrogen-bond donors (Lipinski definition) is 1. The highest BCUT2D eigenvalue weighted by atomic mass is 16.5. The molecule has 1 N–H and O–H groups in total. The van der Waals surface area contributed by atoms with Crippen LogP contribution in [0.15, 0.2) is 91.0 Å². The molecule has 0 fully saturated rings. The first-order valence-electron chi connectivity index (χ1n) is 9.06. The number of nitrogens with one attached hydrogen (secondary N) is 1. The summed E-state index contributed by atoms with van der Waals surface area (Å²) in [5, 5.41) is 2.47. The average Bonchev–Trinajstić information content (AvgIpc) is 3.11. The second kappa shape index (κ2) is 5.39. The number of fused-ring (bicyclic) bond motifs is 5. The number of hydrogen-bond acceptors (Lipinski definition) is 2. The highest BCUT2D eigenvalue weighted by Gasteiger charge is 2.26. The van der Waals surface area contributed by atoms with Gasteiger partial charge >= 0.3 is 0 Å². The molecule has 3 heteroatoms. The number of nitrogens with zero attached hydrogens (tertiary/aromatic N) is 1. The van der Waals surface area contributed by atoms with Crippen LogP contribution in [-0.4, -0.2) is 4.98 Å². The Balaban J connectivity index is 1.70. The normalized spacial score (nSPS) is 12.7. The fraction of sp³-hybridized carbons (Fsp3) is 0. The van der Waals surface area contributed by atoms with Gasteiger partial charge in [0.15, 0.2) is 11.5 Å². The number of rotatable bonds is 1. The molecule has 1 aliphatic rings. The maximum absolute atomic E-state index is 6.15. The van der Waals surface area contributed by atoms with Gasteiger partial charge in [-0.1, -0.05) is 54.6 Å². The van der Waals surface area contributed by atoms with Gasteiger partial charge in [0.05, 0.1) is 22.6 Å². The summed E-state index contributed by atoms with van der Waals surface area (Å²) in [4.78, 5) is 5.91. The van der Waals surface area contributed by atoms with Crippen molar-refractivity contribution in [2.75, 3.05) is 4.90 Å². The number of aromatic amines is 1. The van der Waals surface area contributed by atoms with Gasteiger partial charge in [-0.25, -0.2) is 0 Å². The highest BCUT2D eigenvalue weighted by molar-refractivity contribution is 6.12. The van der Waals surface area contributed by atoms with E-state index in [1.54, 1.807) is 0 Å². The van der Waals surface area contributed by atoms with E-state index >= 15 is 0 Å². The minimum absolute atomic E-state index is 0.865. The van der Waals surface area contributed by atoms with Crippen LogP contribution in [0.3, 0.4) is 0 Å². The van der Waals surface area contributed by atoms with Gasteiger partial charge in [-0.05, 0) is 36.4 Å². The van der Waals surface area contributed by atoms with E-state index in [-0.39, 0.29) is 0 Å². The average molecular weight is 348 g/mol. The molecule has 1 aliphatic heterocycles. The standard InChI is InChI=1S/C24H16N2O/c1-2-10-18-16(8-1)17-9-7-13-21(24(17)25-18)26-19-11-3-5-14-22(19)27-23-15-6-4-12-20(23)26/h1-15,25H. The van der Waals surface area contributed by atoms with Gasteiger partial charge in [0.2, 0.25) is 0 Å². The van der Waals surface area contributed by atoms with Gasteiger partial charge in [0.1, 0.15) is 0 Å². The van der Waals surface area contributed by atoms with Crippen LogP contribution >= 0.6 is 0 Å². The summed E-state index contributed by atoms with van der Waals surface area (Å²) < 4.78 is 6.15. The Morgan fingerprint density at radius 1 is 0.556 bits per heavy atom. The molecular formula is C24H16N2O. The Kier molecular flexibility index (Phi) is 2.88. The quantitative estimate of drug-likeness (QED) is 0.350. The lowest BCUT2D eigenvalue weighted by Crippen LogP contribution is -2.15. The summed E-state index contributed by atoms with van der Waals surface area (Å²) in [7, 11) is 0. The van der Waals surface area contributed by atoms with Crippen molar-refractivity contribution in [3.63, 3.8) is 0 Å². The smallest absolute Gasteiger partial charge is 0.151 e. The second-order valence-corrected chi connectivity index (χ2v) is 6.74. The fourth-order valence-corrected chi connectivity index (χ4v) is 4.01. The van der Waals surface area contributed by atoms with Crippen LogP contribution in [0.2, 0.25) is 0 Å². The maximum Gasteiger partial charge on any atom is 0.151 e. The van der Waals surface area contributed by atoms with Gasteiger partial charge in [0.25, 0.3) is 0 Å². The summed E-state index contributed by atoms with van der Waals surface area (Å²) in [6.07, 6.45) is 0. The van der Waals surface area contributed by atoms with E-state index in [2.05, 4.69) is 76.6 Å². The molecule has 3 nitrogen and oxygen atoms in total. The van der Waals surface area contributed by atoms with E-state index in [0.29, 0.717) is 0 Å². The van der Waals surface area contributed by atoms with Gasteiger partial charge in [-0.3, -0.25) is 0 Å². The first-order valence-corrected chi connectivity index (χ1v) is 9.06. The minimum atomic E-state index is 0.865. The second-order valence-electron chi connectivity index (χ2n) is 6.74. The lowest BCUT2D eigenvalue weighted by Gasteiger charge is -2.33. The van der Waals surface area contributed by atoms with Crippen LogP contribution in [0.5, 0.6) is 11.5 Å². The van der Waals surface area contributed by atoms with Crippen molar-refractivity contribution < 1.29 is 4.74 Å². The third kappa shape index (κ3) is 2.02. The Bertz CT molecular complexity index is 1270. The van der Waals surface area contributed by atoms with Crippen LogP contribution < -0.4 is 9.64 Å². The summed E-state index contributed by atoms with van der Waals surface area (Å²) in [6, 6.07) is 31.3. The molecule has 0 aliphatic carbocycles. The summed E-state index contributed by atoms with van der Waals surface area (Å²) in [5.41, 5.74) is 5.48. The molecule has 2 heterocycles. The number of H-pyrrole nitrogens is 1. The Labute approximate surface area is 156 Å². The molecule has 0 saturated carbocycles. The number of benzene rings is 4. The van der Waals surface area contributed by atoms with Gasteiger partial charge < -0.3 is 14.6 Å². The van der Waals surface area contributed by atoms with Gasteiger partial charge in [-0.15, -0.1) is 0 Å².